The fourth-order valence-electron chi connectivity index (χ4n) is 4.70. The van der Waals surface area contributed by atoms with Crippen molar-refractivity contribution in [1.82, 2.24) is 19.7 Å². The Morgan fingerprint density at radius 3 is 2.41 bits per heavy atom. The van der Waals surface area contributed by atoms with E-state index in [4.69, 9.17) is 32.6 Å². The third kappa shape index (κ3) is 4.37. The largest absolute Gasteiger partial charge is 0.420 e. The predicted molar refractivity (Wildman–Crippen MR) is 148 cm³/mol. The molecule has 0 spiro atoms. The van der Waals surface area contributed by atoms with Crippen LogP contribution in [0.1, 0.15) is 12.8 Å². The van der Waals surface area contributed by atoms with E-state index >= 15 is 4.39 Å². The van der Waals surface area contributed by atoms with Crippen LogP contribution in [-0.2, 0) is 0 Å². The third-order valence-corrected chi connectivity index (χ3v) is 7.04. The van der Waals surface area contributed by atoms with Crippen LogP contribution in [0.3, 0.4) is 0 Å². The molecule has 3 heterocycles. The number of anilines is 1. The van der Waals surface area contributed by atoms with E-state index in [1.807, 2.05) is 31.2 Å². The fraction of sp³-hybridized carbons (Fsp3) is 0.143. The number of amidine groups is 1. The van der Waals surface area contributed by atoms with Crippen LogP contribution in [0, 0.1) is 18.6 Å². The van der Waals surface area contributed by atoms with Gasteiger partial charge in [0.25, 0.3) is 5.89 Å². The van der Waals surface area contributed by atoms with Gasteiger partial charge in [-0.3, -0.25) is 9.56 Å². The maximum Gasteiger partial charge on any atom is 0.268 e. The Kier molecular flexibility index (Phi) is 6.40. The summed E-state index contributed by atoms with van der Waals surface area (Å²) < 4.78 is 37.4. The lowest BCUT2D eigenvalue weighted by Crippen LogP contribution is -2.25. The van der Waals surface area contributed by atoms with Gasteiger partial charge in [-0.25, -0.2) is 13.8 Å². The highest BCUT2D eigenvalue weighted by Gasteiger charge is 2.30. The average Bonchev–Trinajstić information content (AvgIpc) is 3.65. The number of benzene rings is 3. The molecule has 7 nitrogen and oxygen atoms in total. The number of aryl methyl sites for hydroxylation is 1. The third-order valence-electron chi connectivity index (χ3n) is 6.46. The first-order valence-electron chi connectivity index (χ1n) is 12.0. The second kappa shape index (κ2) is 9.91. The summed E-state index contributed by atoms with van der Waals surface area (Å²) in [6.45, 7) is 4.93. The fourth-order valence-corrected chi connectivity index (χ4v) is 5.05. The van der Waals surface area contributed by atoms with Crippen molar-refractivity contribution in [3.8, 4) is 39.9 Å². The van der Waals surface area contributed by atoms with Gasteiger partial charge in [0, 0.05) is 24.6 Å². The zero-order valence-corrected chi connectivity index (χ0v) is 22.3. The minimum absolute atomic E-state index is 0.0683. The van der Waals surface area contributed by atoms with Gasteiger partial charge in [0.1, 0.15) is 17.5 Å². The zero-order valence-electron chi connectivity index (χ0n) is 20.8. The van der Waals surface area contributed by atoms with Gasteiger partial charge >= 0.3 is 0 Å². The first kappa shape index (κ1) is 25.2. The minimum Gasteiger partial charge on any atom is -0.420 e. The number of aliphatic imine (C=N–C) groups is 1. The molecule has 196 valence electrons. The van der Waals surface area contributed by atoms with E-state index in [2.05, 4.69) is 20.1 Å². The number of halogens is 4. The van der Waals surface area contributed by atoms with Crippen molar-refractivity contribution in [2.24, 2.45) is 4.99 Å². The van der Waals surface area contributed by atoms with Crippen molar-refractivity contribution < 1.29 is 13.2 Å². The van der Waals surface area contributed by atoms with Gasteiger partial charge < -0.3 is 9.32 Å². The average molecular weight is 565 g/mol. The molecule has 1 aliphatic rings. The Morgan fingerprint density at radius 2 is 1.69 bits per heavy atom. The Balaban J connectivity index is 1.74. The Morgan fingerprint density at radius 1 is 0.897 bits per heavy atom. The highest BCUT2D eigenvalue weighted by molar-refractivity contribution is 6.31. The van der Waals surface area contributed by atoms with E-state index in [9.17, 15) is 4.39 Å². The number of rotatable bonds is 5. The number of nitrogens with zero attached hydrogens (tertiary/aromatic N) is 6. The normalized spacial score (nSPS) is 13.3. The molecule has 0 atom stereocenters. The molecule has 0 bridgehead atoms. The molecule has 11 heteroatoms. The van der Waals surface area contributed by atoms with Gasteiger partial charge in [-0.2, -0.15) is 0 Å². The number of para-hydroxylation sites is 1. The molecule has 39 heavy (non-hydrogen) atoms. The van der Waals surface area contributed by atoms with E-state index < -0.39 is 11.6 Å². The predicted octanol–water partition coefficient (Wildman–Crippen LogP) is 7.39. The molecule has 1 aliphatic heterocycles. The molecule has 0 N–H and O–H groups in total. The maximum absolute atomic E-state index is 15.8. The molecule has 0 saturated carbocycles. The molecule has 0 fully saturated rings. The number of aromatic nitrogens is 4. The lowest BCUT2D eigenvalue weighted by molar-refractivity contribution is 0.531. The quantitative estimate of drug-likeness (QED) is 0.222. The van der Waals surface area contributed by atoms with Crippen molar-refractivity contribution in [3.05, 3.63) is 88.2 Å². The van der Waals surface area contributed by atoms with Crippen molar-refractivity contribution in [1.29, 1.82) is 0 Å². The monoisotopic (exact) mass is 564 g/mol. The van der Waals surface area contributed by atoms with Crippen LogP contribution in [0.25, 0.3) is 39.9 Å². The summed E-state index contributed by atoms with van der Waals surface area (Å²) >= 11 is 12.4. The molecule has 0 radical (unpaired) electrons. The lowest BCUT2D eigenvalue weighted by Gasteiger charge is -2.22. The summed E-state index contributed by atoms with van der Waals surface area (Å²) in [6, 6.07) is 16.6. The zero-order chi connectivity index (χ0) is 27.3. The number of hydrogen-bond donors (Lipinski definition) is 0. The van der Waals surface area contributed by atoms with E-state index in [-0.39, 0.29) is 27.3 Å². The molecule has 3 aromatic carbocycles. The molecule has 0 unspecified atom stereocenters. The molecule has 5 aromatic rings. The SMILES string of the molecule is CC1=NCCN1c1ccccc1-c1nc(-c2nnc(C)o2)c(-c2ccc(F)c(Cl)c2)n1-c1cccc(Cl)c1F. The maximum atomic E-state index is 15.8. The number of hydrogen-bond acceptors (Lipinski definition) is 6. The lowest BCUT2D eigenvalue weighted by atomic mass is 10.1. The smallest absolute Gasteiger partial charge is 0.268 e. The molecule has 6 rings (SSSR count). The standard InChI is InChI=1S/C28H20Cl2F2N6O/c1-15-33-12-13-37(15)22-8-4-3-6-18(22)27-34-25(28-36-35-16(2)39-28)26(17-10-11-21(31)20(30)14-17)38(27)23-9-5-7-19(29)24(23)32/h3-11,14H,12-13H2,1-2H3. The van der Waals surface area contributed by atoms with Crippen LogP contribution < -0.4 is 4.90 Å². The van der Waals surface area contributed by atoms with Crippen LogP contribution in [0.15, 0.2) is 70.1 Å². The van der Waals surface area contributed by atoms with Crippen LogP contribution >= 0.6 is 23.2 Å². The molecule has 0 saturated heterocycles. The van der Waals surface area contributed by atoms with Crippen LogP contribution in [0.5, 0.6) is 0 Å². The highest BCUT2D eigenvalue weighted by atomic mass is 35.5. The van der Waals surface area contributed by atoms with Crippen molar-refractivity contribution >= 4 is 34.7 Å². The molecular weight excluding hydrogens is 545 g/mol. The van der Waals surface area contributed by atoms with Gasteiger partial charge in [-0.05, 0) is 49.4 Å². The number of imidazole rings is 1. The Labute approximate surface area is 232 Å². The van der Waals surface area contributed by atoms with Crippen molar-refractivity contribution in [2.45, 2.75) is 13.8 Å². The van der Waals surface area contributed by atoms with E-state index in [0.717, 1.165) is 11.5 Å². The summed E-state index contributed by atoms with van der Waals surface area (Å²) in [7, 11) is 0. The first-order valence-corrected chi connectivity index (χ1v) is 12.8. The Hall–Kier alpha value is -4.08. The van der Waals surface area contributed by atoms with Crippen molar-refractivity contribution in [3.63, 3.8) is 0 Å². The van der Waals surface area contributed by atoms with E-state index in [1.54, 1.807) is 23.6 Å². The van der Waals surface area contributed by atoms with Crippen LogP contribution in [-0.4, -0.2) is 38.7 Å². The van der Waals surface area contributed by atoms with Crippen LogP contribution in [0.2, 0.25) is 10.0 Å². The van der Waals surface area contributed by atoms with Gasteiger partial charge in [0.2, 0.25) is 5.89 Å². The molecular formula is C28H20Cl2F2N6O. The minimum atomic E-state index is -0.656. The summed E-state index contributed by atoms with van der Waals surface area (Å²) in [5, 5.41) is 7.98. The first-order chi connectivity index (χ1) is 18.8. The van der Waals surface area contributed by atoms with Gasteiger partial charge in [0.05, 0.1) is 33.7 Å². The second-order valence-corrected chi connectivity index (χ2v) is 9.71. The van der Waals surface area contributed by atoms with Gasteiger partial charge in [-0.15, -0.1) is 10.2 Å². The molecule has 0 aliphatic carbocycles. The van der Waals surface area contributed by atoms with Crippen molar-refractivity contribution in [2.75, 3.05) is 18.0 Å². The Bertz CT molecular complexity index is 1760. The summed E-state index contributed by atoms with van der Waals surface area (Å²) in [5.41, 5.74) is 2.77. The van der Waals surface area contributed by atoms with Gasteiger partial charge in [-0.1, -0.05) is 41.4 Å². The molecule has 0 amide bonds. The molecule has 2 aromatic heterocycles. The topological polar surface area (TPSA) is 72.3 Å². The summed E-state index contributed by atoms with van der Waals surface area (Å²) in [5.74, 6) is 0.423. The van der Waals surface area contributed by atoms with E-state index in [0.29, 0.717) is 41.6 Å². The second-order valence-electron chi connectivity index (χ2n) is 8.89. The van der Waals surface area contributed by atoms with Crippen LogP contribution in [0.4, 0.5) is 14.5 Å². The van der Waals surface area contributed by atoms with Gasteiger partial charge in [0.15, 0.2) is 11.5 Å². The summed E-state index contributed by atoms with van der Waals surface area (Å²) in [4.78, 5) is 11.6. The highest BCUT2D eigenvalue weighted by Crippen LogP contribution is 2.42. The van der Waals surface area contributed by atoms with E-state index in [1.165, 1.54) is 24.3 Å². The summed E-state index contributed by atoms with van der Waals surface area (Å²) in [6.07, 6.45) is 0.